The molecule has 0 radical (unpaired) electrons. The van der Waals surface area contributed by atoms with Crippen LogP contribution in [0.3, 0.4) is 0 Å². The molecule has 152 valence electrons. The summed E-state index contributed by atoms with van der Waals surface area (Å²) >= 11 is 0. The van der Waals surface area contributed by atoms with Crippen LogP contribution in [0.4, 0.5) is 4.79 Å². The number of nitrogens with zero attached hydrogens (tertiary/aromatic N) is 2. The molecule has 0 aliphatic carbocycles. The van der Waals surface area contributed by atoms with Gasteiger partial charge in [0.2, 0.25) is 21.8 Å². The van der Waals surface area contributed by atoms with Crippen molar-refractivity contribution in [1.29, 1.82) is 0 Å². The van der Waals surface area contributed by atoms with Crippen molar-refractivity contribution in [3.63, 3.8) is 0 Å². The largest absolute Gasteiger partial charge is 0.343 e. The Balaban J connectivity index is 1.46. The summed E-state index contributed by atoms with van der Waals surface area (Å²) in [6.45, 7) is 2.73. The van der Waals surface area contributed by atoms with Gasteiger partial charge in [-0.05, 0) is 37.5 Å². The van der Waals surface area contributed by atoms with Gasteiger partial charge in [-0.1, -0.05) is 12.1 Å². The molecule has 0 unspecified atom stereocenters. The summed E-state index contributed by atoms with van der Waals surface area (Å²) < 4.78 is 27.0. The van der Waals surface area contributed by atoms with Gasteiger partial charge >= 0.3 is 6.03 Å². The molecule has 2 aliphatic heterocycles. The molecule has 0 aromatic heterocycles. The van der Waals surface area contributed by atoms with E-state index in [0.29, 0.717) is 25.9 Å². The quantitative estimate of drug-likeness (QED) is 0.653. The first kappa shape index (κ1) is 20.3. The molecule has 1 aromatic carbocycles. The Hall–Kier alpha value is -2.46. The van der Waals surface area contributed by atoms with E-state index < -0.39 is 10.0 Å². The lowest BCUT2D eigenvalue weighted by atomic mass is 10.0. The number of amides is 4. The molecule has 2 heterocycles. The van der Waals surface area contributed by atoms with Crippen molar-refractivity contribution >= 4 is 27.9 Å². The number of imide groups is 1. The minimum absolute atomic E-state index is 0.0159. The van der Waals surface area contributed by atoms with Gasteiger partial charge in [0.05, 0.1) is 11.4 Å². The number of hydrogen-bond acceptors (Lipinski definition) is 5. The Labute approximate surface area is 164 Å². The second-order valence-corrected chi connectivity index (χ2v) is 8.77. The van der Waals surface area contributed by atoms with Gasteiger partial charge in [0.1, 0.15) is 0 Å². The summed E-state index contributed by atoms with van der Waals surface area (Å²) in [7, 11) is -3.65. The third-order valence-corrected chi connectivity index (χ3v) is 6.45. The topological polar surface area (TPSA) is 116 Å². The molecule has 28 heavy (non-hydrogen) atoms. The third-order valence-electron chi connectivity index (χ3n) is 4.99. The molecule has 3 rings (SSSR count). The first-order valence-electron chi connectivity index (χ1n) is 9.22. The fourth-order valence-electron chi connectivity index (χ4n) is 3.49. The predicted molar refractivity (Wildman–Crippen MR) is 101 cm³/mol. The van der Waals surface area contributed by atoms with E-state index >= 15 is 0 Å². The number of rotatable bonds is 6. The fourth-order valence-corrected chi connectivity index (χ4v) is 4.63. The highest BCUT2D eigenvalue weighted by atomic mass is 32.2. The van der Waals surface area contributed by atoms with Crippen LogP contribution in [0.5, 0.6) is 0 Å². The van der Waals surface area contributed by atoms with E-state index in [2.05, 4.69) is 10.0 Å². The molecule has 10 heteroatoms. The Kier molecular flexibility index (Phi) is 5.99. The number of nitrogens with one attached hydrogen (secondary N) is 2. The maximum Gasteiger partial charge on any atom is 0.324 e. The van der Waals surface area contributed by atoms with Gasteiger partial charge in [-0.15, -0.1) is 0 Å². The maximum atomic E-state index is 12.4. The van der Waals surface area contributed by atoms with Gasteiger partial charge in [-0.3, -0.25) is 14.5 Å². The lowest BCUT2D eigenvalue weighted by Gasteiger charge is -2.35. The number of aryl methyl sites for hydroxylation is 1. The lowest BCUT2D eigenvalue weighted by Crippen LogP contribution is -2.49. The van der Waals surface area contributed by atoms with Crippen molar-refractivity contribution in [2.45, 2.75) is 37.1 Å². The zero-order valence-corrected chi connectivity index (χ0v) is 16.5. The van der Waals surface area contributed by atoms with E-state index in [4.69, 9.17) is 0 Å². The van der Waals surface area contributed by atoms with Crippen LogP contribution < -0.4 is 10.0 Å². The van der Waals surface area contributed by atoms with Crippen molar-refractivity contribution in [3.8, 4) is 0 Å². The minimum atomic E-state index is -3.65. The normalized spacial score (nSPS) is 18.5. The number of likely N-dealkylation sites (tertiary alicyclic amines) is 1. The van der Waals surface area contributed by atoms with Crippen molar-refractivity contribution in [2.24, 2.45) is 0 Å². The molecule has 1 aromatic rings. The van der Waals surface area contributed by atoms with Crippen molar-refractivity contribution in [1.82, 2.24) is 19.8 Å². The van der Waals surface area contributed by atoms with Crippen LogP contribution in [0.25, 0.3) is 0 Å². The van der Waals surface area contributed by atoms with Crippen LogP contribution in [0.15, 0.2) is 29.2 Å². The standard InChI is InChI=1S/C18H24N4O5S/c1-13-3-2-4-15(11-13)28(26,27)20-8-5-16(23)21-9-6-14(7-10-21)22-17(24)12-19-18(22)25/h2-4,11,14,20H,5-10,12H2,1H3,(H,19,25). The van der Waals surface area contributed by atoms with Crippen molar-refractivity contribution in [2.75, 3.05) is 26.2 Å². The Morgan fingerprint density at radius 3 is 2.57 bits per heavy atom. The number of urea groups is 1. The Morgan fingerprint density at radius 2 is 1.96 bits per heavy atom. The molecule has 0 atom stereocenters. The number of carbonyl (C=O) groups excluding carboxylic acids is 3. The molecule has 2 saturated heterocycles. The first-order chi connectivity index (χ1) is 13.3. The molecule has 4 amide bonds. The molecule has 2 N–H and O–H groups in total. The van der Waals surface area contributed by atoms with Gasteiger partial charge in [-0.2, -0.15) is 0 Å². The van der Waals surface area contributed by atoms with Crippen molar-refractivity contribution in [3.05, 3.63) is 29.8 Å². The Morgan fingerprint density at radius 1 is 1.25 bits per heavy atom. The Bertz CT molecular complexity index is 862. The zero-order valence-electron chi connectivity index (χ0n) is 15.7. The van der Waals surface area contributed by atoms with Gasteiger partial charge in [0, 0.05) is 32.1 Å². The number of benzene rings is 1. The smallest absolute Gasteiger partial charge is 0.324 e. The molecule has 2 fully saturated rings. The second-order valence-electron chi connectivity index (χ2n) is 7.00. The first-order valence-corrected chi connectivity index (χ1v) is 10.7. The molecule has 2 aliphatic rings. The van der Waals surface area contributed by atoms with Crippen LogP contribution >= 0.6 is 0 Å². The van der Waals surface area contributed by atoms with E-state index in [1.807, 2.05) is 13.0 Å². The zero-order chi connectivity index (χ0) is 20.3. The van der Waals surface area contributed by atoms with Gasteiger partial charge in [0.15, 0.2) is 0 Å². The summed E-state index contributed by atoms with van der Waals surface area (Å²) in [4.78, 5) is 38.9. The molecule has 0 spiro atoms. The minimum Gasteiger partial charge on any atom is -0.343 e. The van der Waals surface area contributed by atoms with Crippen LogP contribution in [0.2, 0.25) is 0 Å². The van der Waals surface area contributed by atoms with Crippen LogP contribution in [-0.2, 0) is 19.6 Å². The average molecular weight is 408 g/mol. The molecule has 0 bridgehead atoms. The van der Waals surface area contributed by atoms with Crippen molar-refractivity contribution < 1.29 is 22.8 Å². The van der Waals surface area contributed by atoms with Gasteiger partial charge < -0.3 is 10.2 Å². The molecular weight excluding hydrogens is 384 g/mol. The van der Waals surface area contributed by atoms with Gasteiger partial charge in [0.25, 0.3) is 0 Å². The van der Waals surface area contributed by atoms with Crippen LogP contribution in [0.1, 0.15) is 24.8 Å². The molecule has 0 saturated carbocycles. The van der Waals surface area contributed by atoms with E-state index in [-0.39, 0.29) is 48.3 Å². The van der Waals surface area contributed by atoms with E-state index in [1.54, 1.807) is 17.0 Å². The monoisotopic (exact) mass is 408 g/mol. The number of sulfonamides is 1. The van der Waals surface area contributed by atoms with Gasteiger partial charge in [-0.25, -0.2) is 17.9 Å². The predicted octanol–water partition coefficient (Wildman–Crippen LogP) is 0.206. The number of piperidine rings is 1. The maximum absolute atomic E-state index is 12.4. The van der Waals surface area contributed by atoms with E-state index in [0.717, 1.165) is 5.56 Å². The third kappa shape index (κ3) is 4.50. The SMILES string of the molecule is Cc1cccc(S(=O)(=O)NCCC(=O)N2CCC(N3C(=O)CNC3=O)CC2)c1. The highest BCUT2D eigenvalue weighted by molar-refractivity contribution is 7.89. The summed E-state index contributed by atoms with van der Waals surface area (Å²) in [5, 5.41) is 2.50. The van der Waals surface area contributed by atoms with Crippen LogP contribution in [-0.4, -0.2) is 68.3 Å². The lowest BCUT2D eigenvalue weighted by molar-refractivity contribution is -0.133. The van der Waals surface area contributed by atoms with E-state index in [1.165, 1.54) is 11.0 Å². The highest BCUT2D eigenvalue weighted by Gasteiger charge is 2.37. The fraction of sp³-hybridized carbons (Fsp3) is 0.500. The summed E-state index contributed by atoms with van der Waals surface area (Å²) in [5.74, 6) is -0.386. The van der Waals surface area contributed by atoms with Crippen LogP contribution in [0, 0.1) is 6.92 Å². The second kappa shape index (κ2) is 8.27. The summed E-state index contributed by atoms with van der Waals surface area (Å²) in [6, 6.07) is 6.00. The average Bonchev–Trinajstić information content (AvgIpc) is 3.00. The number of carbonyl (C=O) groups is 3. The summed E-state index contributed by atoms with van der Waals surface area (Å²) in [5.41, 5.74) is 0.840. The molecular formula is C18H24N4O5S. The summed E-state index contributed by atoms with van der Waals surface area (Å²) in [6.07, 6.45) is 1.11. The highest BCUT2D eigenvalue weighted by Crippen LogP contribution is 2.19. The molecule has 9 nitrogen and oxygen atoms in total. The number of hydrogen-bond donors (Lipinski definition) is 2. The van der Waals surface area contributed by atoms with E-state index in [9.17, 15) is 22.8 Å².